The van der Waals surface area contributed by atoms with Crippen LogP contribution in [0.4, 0.5) is 0 Å². The van der Waals surface area contributed by atoms with Crippen molar-refractivity contribution < 1.29 is 9.53 Å². The maximum Gasteiger partial charge on any atom is 0.319 e. The fourth-order valence-corrected chi connectivity index (χ4v) is 2.80. The highest BCUT2D eigenvalue weighted by atomic mass is 16.5. The van der Waals surface area contributed by atoms with Gasteiger partial charge in [0.25, 0.3) is 0 Å². The number of carbonyl (C=O) groups is 1. The van der Waals surface area contributed by atoms with Crippen molar-refractivity contribution in [1.29, 1.82) is 0 Å². The van der Waals surface area contributed by atoms with Gasteiger partial charge in [-0.05, 0) is 26.2 Å². The van der Waals surface area contributed by atoms with Crippen LogP contribution in [-0.2, 0) is 21.5 Å². The zero-order valence-electron chi connectivity index (χ0n) is 11.2. The van der Waals surface area contributed by atoms with E-state index in [4.69, 9.17) is 4.74 Å². The average molecular weight is 251 g/mol. The maximum absolute atomic E-state index is 12.3. The van der Waals surface area contributed by atoms with Gasteiger partial charge in [-0.1, -0.05) is 19.8 Å². The number of ether oxygens (including phenoxy) is 1. The molecule has 100 valence electrons. The standard InChI is InChI=1S/C13H21N3O2/c1-3-9-16-10-14-15-11(16)13(7-5-6-8-13)12(17)18-4-2/h10H,3-9H2,1-2H3. The molecule has 0 atom stereocenters. The summed E-state index contributed by atoms with van der Waals surface area (Å²) in [6.45, 7) is 5.22. The molecule has 1 aliphatic rings. The van der Waals surface area contributed by atoms with Crippen molar-refractivity contribution in [3.63, 3.8) is 0 Å². The molecule has 0 saturated heterocycles. The Labute approximate surface area is 108 Å². The molecule has 1 saturated carbocycles. The zero-order valence-corrected chi connectivity index (χ0v) is 11.2. The minimum atomic E-state index is -0.554. The van der Waals surface area contributed by atoms with Crippen LogP contribution in [0, 0.1) is 0 Å². The third-order valence-electron chi connectivity index (χ3n) is 3.63. The van der Waals surface area contributed by atoms with E-state index in [0.717, 1.165) is 44.5 Å². The molecule has 0 spiro atoms. The summed E-state index contributed by atoms with van der Waals surface area (Å²) in [7, 11) is 0. The summed E-state index contributed by atoms with van der Waals surface area (Å²) in [5.74, 6) is 0.660. The van der Waals surface area contributed by atoms with Crippen LogP contribution < -0.4 is 0 Å². The molecule has 5 heteroatoms. The molecule has 18 heavy (non-hydrogen) atoms. The first-order valence-electron chi connectivity index (χ1n) is 6.80. The lowest BCUT2D eigenvalue weighted by Gasteiger charge is -2.25. The fraction of sp³-hybridized carbons (Fsp3) is 0.769. The highest BCUT2D eigenvalue weighted by Gasteiger charge is 2.47. The van der Waals surface area contributed by atoms with Gasteiger partial charge in [-0.15, -0.1) is 10.2 Å². The Morgan fingerprint density at radius 1 is 1.44 bits per heavy atom. The molecule has 1 aliphatic carbocycles. The van der Waals surface area contributed by atoms with Crippen LogP contribution in [-0.4, -0.2) is 27.3 Å². The number of hydrogen-bond acceptors (Lipinski definition) is 4. The van der Waals surface area contributed by atoms with Gasteiger partial charge in [0, 0.05) is 6.54 Å². The van der Waals surface area contributed by atoms with Gasteiger partial charge in [0.2, 0.25) is 0 Å². The van der Waals surface area contributed by atoms with E-state index in [1.54, 1.807) is 6.33 Å². The Kier molecular flexibility index (Phi) is 3.99. The van der Waals surface area contributed by atoms with Gasteiger partial charge in [-0.2, -0.15) is 0 Å². The van der Waals surface area contributed by atoms with Crippen LogP contribution in [0.1, 0.15) is 51.8 Å². The Hall–Kier alpha value is -1.39. The summed E-state index contributed by atoms with van der Waals surface area (Å²) in [5, 5.41) is 8.18. The molecule has 0 aliphatic heterocycles. The number of esters is 1. The van der Waals surface area contributed by atoms with Crippen LogP contribution in [0.5, 0.6) is 0 Å². The largest absolute Gasteiger partial charge is 0.465 e. The van der Waals surface area contributed by atoms with Crippen molar-refractivity contribution in [3.05, 3.63) is 12.2 Å². The second kappa shape index (κ2) is 5.50. The van der Waals surface area contributed by atoms with Crippen molar-refractivity contribution in [1.82, 2.24) is 14.8 Å². The maximum atomic E-state index is 12.3. The first-order chi connectivity index (χ1) is 8.74. The van der Waals surface area contributed by atoms with E-state index < -0.39 is 5.41 Å². The molecule has 5 nitrogen and oxygen atoms in total. The third kappa shape index (κ3) is 2.13. The van der Waals surface area contributed by atoms with E-state index in [1.165, 1.54) is 0 Å². The van der Waals surface area contributed by atoms with Gasteiger partial charge in [0.1, 0.15) is 17.6 Å². The van der Waals surface area contributed by atoms with E-state index in [9.17, 15) is 4.79 Å². The predicted molar refractivity (Wildman–Crippen MR) is 67.1 cm³/mol. The molecule has 1 aromatic rings. The lowest BCUT2D eigenvalue weighted by atomic mass is 9.85. The summed E-state index contributed by atoms with van der Waals surface area (Å²) in [5.41, 5.74) is -0.554. The van der Waals surface area contributed by atoms with Crippen molar-refractivity contribution in [2.45, 2.75) is 57.9 Å². The van der Waals surface area contributed by atoms with E-state index >= 15 is 0 Å². The molecule has 0 aromatic carbocycles. The Morgan fingerprint density at radius 3 is 2.78 bits per heavy atom. The first kappa shape index (κ1) is 13.1. The van der Waals surface area contributed by atoms with Crippen LogP contribution in [0.3, 0.4) is 0 Å². The van der Waals surface area contributed by atoms with Crippen LogP contribution >= 0.6 is 0 Å². The summed E-state index contributed by atoms with van der Waals surface area (Å²) in [6.07, 6.45) is 6.49. The highest BCUT2D eigenvalue weighted by Crippen LogP contribution is 2.41. The molecule has 1 heterocycles. The molecule has 1 aromatic heterocycles. The van der Waals surface area contributed by atoms with Crippen molar-refractivity contribution >= 4 is 5.97 Å². The van der Waals surface area contributed by atoms with Gasteiger partial charge < -0.3 is 9.30 Å². The monoisotopic (exact) mass is 251 g/mol. The van der Waals surface area contributed by atoms with Gasteiger partial charge in [-0.3, -0.25) is 4.79 Å². The van der Waals surface area contributed by atoms with Gasteiger partial charge in [0.15, 0.2) is 0 Å². The van der Waals surface area contributed by atoms with Gasteiger partial charge in [0.05, 0.1) is 6.61 Å². The summed E-state index contributed by atoms with van der Waals surface area (Å²) in [6, 6.07) is 0. The van der Waals surface area contributed by atoms with E-state index in [-0.39, 0.29) is 5.97 Å². The Bertz CT molecular complexity index is 408. The van der Waals surface area contributed by atoms with Crippen LogP contribution in [0.25, 0.3) is 0 Å². The first-order valence-corrected chi connectivity index (χ1v) is 6.80. The summed E-state index contributed by atoms with van der Waals surface area (Å²) >= 11 is 0. The Morgan fingerprint density at radius 2 is 2.17 bits per heavy atom. The van der Waals surface area contributed by atoms with E-state index in [0.29, 0.717) is 6.61 Å². The lowest BCUT2D eigenvalue weighted by molar-refractivity contribution is -0.150. The predicted octanol–water partition coefficient (Wildman–Crippen LogP) is 2.06. The second-order valence-electron chi connectivity index (χ2n) is 4.86. The molecule has 2 rings (SSSR count). The third-order valence-corrected chi connectivity index (χ3v) is 3.63. The smallest absolute Gasteiger partial charge is 0.319 e. The van der Waals surface area contributed by atoms with E-state index in [1.807, 2.05) is 11.5 Å². The molecule has 1 fully saturated rings. The normalized spacial score (nSPS) is 17.9. The Balaban J connectivity index is 2.34. The topological polar surface area (TPSA) is 57.0 Å². The molecule has 0 amide bonds. The minimum absolute atomic E-state index is 0.132. The van der Waals surface area contributed by atoms with Crippen LogP contribution in [0.15, 0.2) is 6.33 Å². The molecule has 0 unspecified atom stereocenters. The van der Waals surface area contributed by atoms with Crippen molar-refractivity contribution in [3.8, 4) is 0 Å². The van der Waals surface area contributed by atoms with Gasteiger partial charge >= 0.3 is 5.97 Å². The van der Waals surface area contributed by atoms with Crippen molar-refractivity contribution in [2.75, 3.05) is 6.61 Å². The quantitative estimate of drug-likeness (QED) is 0.752. The average Bonchev–Trinajstić information content (AvgIpc) is 2.98. The SMILES string of the molecule is CCCn1cnnc1C1(C(=O)OCC)CCCC1. The molecule has 0 radical (unpaired) electrons. The van der Waals surface area contributed by atoms with Gasteiger partial charge in [-0.25, -0.2) is 0 Å². The number of carbonyl (C=O) groups excluding carboxylic acids is 1. The van der Waals surface area contributed by atoms with E-state index in [2.05, 4.69) is 17.1 Å². The second-order valence-corrected chi connectivity index (χ2v) is 4.86. The number of aryl methyl sites for hydroxylation is 1. The molecular weight excluding hydrogens is 230 g/mol. The zero-order chi connectivity index (χ0) is 13.0. The van der Waals surface area contributed by atoms with Crippen LogP contribution in [0.2, 0.25) is 0 Å². The summed E-state index contributed by atoms with van der Waals surface area (Å²) in [4.78, 5) is 12.3. The summed E-state index contributed by atoms with van der Waals surface area (Å²) < 4.78 is 7.27. The lowest BCUT2D eigenvalue weighted by Crippen LogP contribution is -2.37. The number of hydrogen-bond donors (Lipinski definition) is 0. The fourth-order valence-electron chi connectivity index (χ4n) is 2.80. The molecular formula is C13H21N3O2. The minimum Gasteiger partial charge on any atom is -0.465 e. The number of rotatable bonds is 5. The molecule has 0 bridgehead atoms. The van der Waals surface area contributed by atoms with Crippen molar-refractivity contribution in [2.24, 2.45) is 0 Å². The number of nitrogens with zero attached hydrogens (tertiary/aromatic N) is 3. The number of aromatic nitrogens is 3. The molecule has 0 N–H and O–H groups in total. The highest BCUT2D eigenvalue weighted by molar-refractivity contribution is 5.82.